The SMILES string of the molecule is C=CC(=O)OCCCCOc1ccc(OC(=O)c2ccc(OC(=O)c3ccc(OCCCCOCC4(C)COC4)cc3)cc2)cc1. The zero-order chi connectivity index (χ0) is 32.6. The first-order chi connectivity index (χ1) is 22.3. The lowest BCUT2D eigenvalue weighted by Gasteiger charge is -2.37. The van der Waals surface area contributed by atoms with Gasteiger partial charge in [-0.25, -0.2) is 14.4 Å². The summed E-state index contributed by atoms with van der Waals surface area (Å²) in [5, 5.41) is 0. The van der Waals surface area contributed by atoms with Gasteiger partial charge >= 0.3 is 17.9 Å². The minimum Gasteiger partial charge on any atom is -0.494 e. The van der Waals surface area contributed by atoms with Crippen LogP contribution < -0.4 is 18.9 Å². The smallest absolute Gasteiger partial charge is 0.343 e. The molecule has 3 aromatic carbocycles. The van der Waals surface area contributed by atoms with E-state index in [1.165, 1.54) is 24.3 Å². The molecule has 1 aliphatic heterocycles. The Hall–Kier alpha value is -4.67. The Labute approximate surface area is 269 Å². The van der Waals surface area contributed by atoms with Gasteiger partial charge in [-0.05, 0) is 98.5 Å². The number of rotatable bonds is 19. The Morgan fingerprint density at radius 3 is 1.59 bits per heavy atom. The van der Waals surface area contributed by atoms with Crippen molar-refractivity contribution in [2.75, 3.05) is 46.2 Å². The summed E-state index contributed by atoms with van der Waals surface area (Å²) in [5.74, 6) is 0.423. The van der Waals surface area contributed by atoms with Crippen LogP contribution in [0.25, 0.3) is 0 Å². The maximum absolute atomic E-state index is 12.6. The molecule has 244 valence electrons. The quantitative estimate of drug-likeness (QED) is 0.0652. The van der Waals surface area contributed by atoms with Crippen molar-refractivity contribution in [2.24, 2.45) is 5.41 Å². The van der Waals surface area contributed by atoms with E-state index in [1.54, 1.807) is 48.5 Å². The fourth-order valence-corrected chi connectivity index (χ4v) is 4.26. The van der Waals surface area contributed by atoms with Gasteiger partial charge in [-0.2, -0.15) is 0 Å². The maximum atomic E-state index is 12.6. The van der Waals surface area contributed by atoms with Gasteiger partial charge in [0.05, 0.1) is 50.8 Å². The monoisotopic (exact) mass is 632 g/mol. The van der Waals surface area contributed by atoms with Gasteiger partial charge < -0.3 is 33.2 Å². The van der Waals surface area contributed by atoms with Crippen molar-refractivity contribution in [1.82, 2.24) is 0 Å². The van der Waals surface area contributed by atoms with Crippen molar-refractivity contribution in [3.05, 3.63) is 96.6 Å². The second kappa shape index (κ2) is 17.7. The summed E-state index contributed by atoms with van der Waals surface area (Å²) in [6.07, 6.45) is 4.28. The van der Waals surface area contributed by atoms with E-state index in [1.807, 2.05) is 0 Å². The molecule has 0 N–H and O–H groups in total. The summed E-state index contributed by atoms with van der Waals surface area (Å²) in [7, 11) is 0. The molecule has 1 heterocycles. The van der Waals surface area contributed by atoms with E-state index < -0.39 is 17.9 Å². The Bertz CT molecular complexity index is 1410. The van der Waals surface area contributed by atoms with Crippen molar-refractivity contribution in [2.45, 2.75) is 32.6 Å². The maximum Gasteiger partial charge on any atom is 0.343 e. The summed E-state index contributed by atoms with van der Waals surface area (Å²) in [6.45, 7) is 9.77. The van der Waals surface area contributed by atoms with Crippen molar-refractivity contribution in [3.63, 3.8) is 0 Å². The molecule has 4 rings (SSSR count). The fourth-order valence-electron chi connectivity index (χ4n) is 4.26. The zero-order valence-electron chi connectivity index (χ0n) is 26.1. The molecule has 0 amide bonds. The summed E-state index contributed by atoms with van der Waals surface area (Å²) in [4.78, 5) is 36.2. The normalized spacial score (nSPS) is 13.2. The second-order valence-corrected chi connectivity index (χ2v) is 11.1. The minimum atomic E-state index is -0.554. The van der Waals surface area contributed by atoms with Gasteiger partial charge in [0.2, 0.25) is 0 Å². The number of hydrogen-bond donors (Lipinski definition) is 0. The summed E-state index contributed by atoms with van der Waals surface area (Å²) in [6, 6.07) is 19.5. The van der Waals surface area contributed by atoms with Crippen LogP contribution in [0.5, 0.6) is 23.0 Å². The number of unbranched alkanes of at least 4 members (excludes halogenated alkanes) is 2. The van der Waals surface area contributed by atoms with E-state index >= 15 is 0 Å². The average Bonchev–Trinajstić information content (AvgIpc) is 3.06. The number of carbonyl (C=O) groups is 3. The van der Waals surface area contributed by atoms with Crippen LogP contribution in [0.4, 0.5) is 0 Å². The highest BCUT2D eigenvalue weighted by Crippen LogP contribution is 2.26. The van der Waals surface area contributed by atoms with Crippen LogP contribution in [0.2, 0.25) is 0 Å². The predicted octanol–water partition coefficient (Wildman–Crippen LogP) is 6.23. The van der Waals surface area contributed by atoms with Crippen molar-refractivity contribution < 1.29 is 47.5 Å². The summed E-state index contributed by atoms with van der Waals surface area (Å²) in [5.41, 5.74) is 0.838. The highest BCUT2D eigenvalue weighted by atomic mass is 16.5. The van der Waals surface area contributed by atoms with Crippen molar-refractivity contribution in [1.29, 1.82) is 0 Å². The van der Waals surface area contributed by atoms with Crippen LogP contribution in [0.15, 0.2) is 85.5 Å². The molecule has 0 radical (unpaired) electrons. The van der Waals surface area contributed by atoms with E-state index in [2.05, 4.69) is 13.5 Å². The first-order valence-electron chi connectivity index (χ1n) is 15.3. The third-order valence-corrected chi connectivity index (χ3v) is 6.95. The Kier molecular flexibility index (Phi) is 13.2. The second-order valence-electron chi connectivity index (χ2n) is 11.1. The molecule has 0 aromatic heterocycles. The highest BCUT2D eigenvalue weighted by molar-refractivity contribution is 5.92. The summed E-state index contributed by atoms with van der Waals surface area (Å²) >= 11 is 0. The van der Waals surface area contributed by atoms with Gasteiger partial charge in [-0.15, -0.1) is 0 Å². The largest absolute Gasteiger partial charge is 0.494 e. The lowest BCUT2D eigenvalue weighted by molar-refractivity contribution is -0.138. The minimum absolute atomic E-state index is 0.165. The lowest BCUT2D eigenvalue weighted by atomic mass is 9.90. The molecule has 3 aromatic rings. The van der Waals surface area contributed by atoms with Crippen LogP contribution in [0.3, 0.4) is 0 Å². The number of esters is 3. The molecule has 1 saturated heterocycles. The van der Waals surface area contributed by atoms with Gasteiger partial charge in [0.1, 0.15) is 23.0 Å². The molecular weight excluding hydrogens is 592 g/mol. The molecule has 46 heavy (non-hydrogen) atoms. The molecule has 10 nitrogen and oxygen atoms in total. The van der Waals surface area contributed by atoms with E-state index in [4.69, 9.17) is 33.2 Å². The van der Waals surface area contributed by atoms with Crippen LogP contribution in [-0.4, -0.2) is 64.2 Å². The van der Waals surface area contributed by atoms with Crippen LogP contribution >= 0.6 is 0 Å². The molecule has 0 bridgehead atoms. The number of hydrogen-bond acceptors (Lipinski definition) is 10. The van der Waals surface area contributed by atoms with Gasteiger partial charge in [0.25, 0.3) is 0 Å². The van der Waals surface area contributed by atoms with E-state index in [0.717, 1.165) is 38.7 Å². The number of ether oxygens (including phenoxy) is 7. The van der Waals surface area contributed by atoms with E-state index in [0.29, 0.717) is 73.4 Å². The van der Waals surface area contributed by atoms with Crippen molar-refractivity contribution >= 4 is 17.9 Å². The van der Waals surface area contributed by atoms with Gasteiger partial charge in [0.15, 0.2) is 0 Å². The highest BCUT2D eigenvalue weighted by Gasteiger charge is 2.33. The molecular formula is C36H40O10. The molecule has 0 unspecified atom stereocenters. The van der Waals surface area contributed by atoms with E-state index in [9.17, 15) is 14.4 Å². The van der Waals surface area contributed by atoms with Crippen LogP contribution in [-0.2, 0) is 19.0 Å². The average molecular weight is 633 g/mol. The molecule has 10 heteroatoms. The van der Waals surface area contributed by atoms with Gasteiger partial charge in [-0.3, -0.25) is 0 Å². The third kappa shape index (κ3) is 11.4. The topological polar surface area (TPSA) is 116 Å². The third-order valence-electron chi connectivity index (χ3n) is 6.95. The number of carbonyl (C=O) groups excluding carboxylic acids is 3. The van der Waals surface area contributed by atoms with Gasteiger partial charge in [-0.1, -0.05) is 13.5 Å². The molecule has 0 spiro atoms. The molecule has 1 fully saturated rings. The van der Waals surface area contributed by atoms with Crippen LogP contribution in [0, 0.1) is 5.41 Å². The molecule has 0 atom stereocenters. The zero-order valence-corrected chi connectivity index (χ0v) is 26.1. The molecule has 1 aliphatic rings. The lowest BCUT2D eigenvalue weighted by Crippen LogP contribution is -2.43. The first kappa shape index (κ1) is 34.2. The standard InChI is InChI=1S/C36H40O10/c1-3-33(37)44-23-7-6-22-43-30-16-18-32(19-17-30)46-35(39)28-10-14-31(15-11-28)45-34(38)27-8-12-29(13-9-27)42-21-5-4-20-40-24-36(2)25-41-26-36/h3,8-19H,1,4-7,20-26H2,2H3. The summed E-state index contributed by atoms with van der Waals surface area (Å²) < 4.78 is 38.2. The Morgan fingerprint density at radius 2 is 1.11 bits per heavy atom. The predicted molar refractivity (Wildman–Crippen MR) is 170 cm³/mol. The van der Waals surface area contributed by atoms with Crippen LogP contribution in [0.1, 0.15) is 53.3 Å². The molecule has 0 saturated carbocycles. The Balaban J connectivity index is 1.12. The number of benzene rings is 3. The van der Waals surface area contributed by atoms with Crippen molar-refractivity contribution in [3.8, 4) is 23.0 Å². The van der Waals surface area contributed by atoms with E-state index in [-0.39, 0.29) is 5.41 Å². The Morgan fingerprint density at radius 1 is 0.674 bits per heavy atom. The first-order valence-corrected chi connectivity index (χ1v) is 15.3. The molecule has 0 aliphatic carbocycles. The van der Waals surface area contributed by atoms with Gasteiger partial charge in [0, 0.05) is 18.1 Å². The fraction of sp³-hybridized carbons (Fsp3) is 0.361.